The van der Waals surface area contributed by atoms with Crippen LogP contribution in [0.4, 0.5) is 5.69 Å². The molecular weight excluding hydrogens is 242 g/mol. The Bertz CT molecular complexity index is 647. The smallest absolute Gasteiger partial charge is 0.340 e. The monoisotopic (exact) mass is 253 g/mol. The van der Waals surface area contributed by atoms with E-state index in [-0.39, 0.29) is 12.3 Å². The van der Waals surface area contributed by atoms with E-state index in [2.05, 4.69) is 4.98 Å². The van der Waals surface area contributed by atoms with Crippen molar-refractivity contribution < 1.29 is 9.53 Å². The fourth-order valence-electron chi connectivity index (χ4n) is 1.56. The average Bonchev–Trinajstić information content (AvgIpc) is 2.45. The summed E-state index contributed by atoms with van der Waals surface area (Å²) < 4.78 is 5.13. The van der Waals surface area contributed by atoms with Gasteiger partial charge in [-0.15, -0.1) is 0 Å². The van der Waals surface area contributed by atoms with Crippen LogP contribution in [0.5, 0.6) is 0 Å². The van der Waals surface area contributed by atoms with Gasteiger partial charge >= 0.3 is 5.97 Å². The minimum Gasteiger partial charge on any atom is -0.457 e. The van der Waals surface area contributed by atoms with Crippen LogP contribution in [-0.4, -0.2) is 11.0 Å². The van der Waals surface area contributed by atoms with Crippen LogP contribution in [0, 0.1) is 11.3 Å². The van der Waals surface area contributed by atoms with E-state index in [0.29, 0.717) is 16.8 Å². The van der Waals surface area contributed by atoms with Crippen molar-refractivity contribution >= 4 is 11.7 Å². The Morgan fingerprint density at radius 2 is 2.11 bits per heavy atom. The van der Waals surface area contributed by atoms with E-state index >= 15 is 0 Å². The van der Waals surface area contributed by atoms with Gasteiger partial charge in [-0.1, -0.05) is 18.2 Å². The first-order valence-electron chi connectivity index (χ1n) is 5.58. The van der Waals surface area contributed by atoms with Crippen molar-refractivity contribution in [3.05, 3.63) is 59.4 Å². The number of aromatic nitrogens is 1. The zero-order valence-corrected chi connectivity index (χ0v) is 10.0. The first-order valence-corrected chi connectivity index (χ1v) is 5.58. The number of nitriles is 1. The molecule has 2 N–H and O–H groups in total. The molecule has 0 radical (unpaired) electrons. The van der Waals surface area contributed by atoms with Crippen molar-refractivity contribution in [1.82, 2.24) is 4.98 Å². The van der Waals surface area contributed by atoms with Gasteiger partial charge in [0.25, 0.3) is 0 Å². The fraction of sp³-hybridized carbons (Fsp3) is 0.0714. The van der Waals surface area contributed by atoms with Crippen LogP contribution in [0.2, 0.25) is 0 Å². The minimum atomic E-state index is -0.522. The molecular formula is C14H11N3O2. The van der Waals surface area contributed by atoms with Crippen molar-refractivity contribution in [3.8, 4) is 6.07 Å². The number of pyridine rings is 1. The van der Waals surface area contributed by atoms with Gasteiger partial charge in [-0.2, -0.15) is 5.26 Å². The number of nitrogen functional groups attached to an aromatic ring is 1. The molecule has 0 atom stereocenters. The van der Waals surface area contributed by atoms with Crippen molar-refractivity contribution in [2.45, 2.75) is 6.61 Å². The molecule has 1 heterocycles. The number of hydrogen-bond donors (Lipinski definition) is 1. The minimum absolute atomic E-state index is 0.0100. The third-order valence-electron chi connectivity index (χ3n) is 2.54. The number of ether oxygens (including phenoxy) is 1. The zero-order valence-electron chi connectivity index (χ0n) is 10.0. The SMILES string of the molecule is N#Cc1ncccc1COC(=O)c1ccccc1N. The predicted octanol–water partition coefficient (Wildman–Crippen LogP) is 1.89. The van der Waals surface area contributed by atoms with Gasteiger partial charge < -0.3 is 10.5 Å². The second-order valence-electron chi connectivity index (χ2n) is 3.79. The molecule has 2 rings (SSSR count). The maximum Gasteiger partial charge on any atom is 0.340 e. The van der Waals surface area contributed by atoms with E-state index in [9.17, 15) is 4.79 Å². The number of benzene rings is 1. The van der Waals surface area contributed by atoms with Crippen molar-refractivity contribution in [2.75, 3.05) is 5.73 Å². The molecule has 2 aromatic rings. The number of nitrogens with two attached hydrogens (primary N) is 1. The van der Waals surface area contributed by atoms with Gasteiger partial charge in [0, 0.05) is 17.4 Å². The summed E-state index contributed by atoms with van der Waals surface area (Å²) in [6.07, 6.45) is 1.51. The molecule has 0 spiro atoms. The van der Waals surface area contributed by atoms with Crippen LogP contribution in [-0.2, 0) is 11.3 Å². The van der Waals surface area contributed by atoms with Crippen LogP contribution >= 0.6 is 0 Å². The number of esters is 1. The Balaban J connectivity index is 2.10. The van der Waals surface area contributed by atoms with Crippen molar-refractivity contribution in [1.29, 1.82) is 5.26 Å². The number of carbonyl (C=O) groups is 1. The summed E-state index contributed by atoms with van der Waals surface area (Å²) in [5.74, 6) is -0.522. The maximum atomic E-state index is 11.8. The summed E-state index contributed by atoms with van der Waals surface area (Å²) in [6.45, 7) is -0.0100. The van der Waals surface area contributed by atoms with Crippen molar-refractivity contribution in [3.63, 3.8) is 0 Å². The number of carbonyl (C=O) groups excluding carboxylic acids is 1. The van der Waals surface area contributed by atoms with E-state index in [1.807, 2.05) is 6.07 Å². The molecule has 0 amide bonds. The highest BCUT2D eigenvalue weighted by atomic mass is 16.5. The lowest BCUT2D eigenvalue weighted by Gasteiger charge is -2.07. The lowest BCUT2D eigenvalue weighted by molar-refractivity contribution is 0.0473. The summed E-state index contributed by atoms with van der Waals surface area (Å²) in [7, 11) is 0. The molecule has 0 fully saturated rings. The molecule has 1 aromatic heterocycles. The van der Waals surface area contributed by atoms with Gasteiger partial charge in [0.1, 0.15) is 18.4 Å². The molecule has 0 aliphatic carbocycles. The predicted molar refractivity (Wildman–Crippen MR) is 68.9 cm³/mol. The van der Waals surface area contributed by atoms with Gasteiger partial charge in [0.2, 0.25) is 0 Å². The van der Waals surface area contributed by atoms with Gasteiger partial charge in [-0.05, 0) is 18.2 Å². The molecule has 94 valence electrons. The first-order chi connectivity index (χ1) is 9.22. The largest absolute Gasteiger partial charge is 0.457 e. The second kappa shape index (κ2) is 5.65. The zero-order chi connectivity index (χ0) is 13.7. The highest BCUT2D eigenvalue weighted by molar-refractivity contribution is 5.94. The fourth-order valence-corrected chi connectivity index (χ4v) is 1.56. The number of nitrogens with zero attached hydrogens (tertiary/aromatic N) is 2. The Labute approximate surface area is 110 Å². The van der Waals surface area contributed by atoms with Gasteiger partial charge in [0.15, 0.2) is 0 Å². The number of rotatable bonds is 3. The maximum absolute atomic E-state index is 11.8. The number of para-hydroxylation sites is 1. The van der Waals surface area contributed by atoms with Crippen LogP contribution < -0.4 is 5.73 Å². The summed E-state index contributed by atoms with van der Waals surface area (Å²) in [4.78, 5) is 15.7. The lowest BCUT2D eigenvalue weighted by atomic mass is 10.2. The molecule has 0 aliphatic rings. The first kappa shape index (κ1) is 12.6. The highest BCUT2D eigenvalue weighted by Gasteiger charge is 2.11. The summed E-state index contributed by atoms with van der Waals surface area (Å²) in [6, 6.07) is 12.0. The third-order valence-corrected chi connectivity index (χ3v) is 2.54. The Hall–Kier alpha value is -2.87. The third kappa shape index (κ3) is 2.87. The quantitative estimate of drug-likeness (QED) is 0.666. The Kier molecular flexibility index (Phi) is 3.74. The molecule has 0 saturated carbocycles. The van der Waals surface area contributed by atoms with E-state index in [0.717, 1.165) is 0 Å². The van der Waals surface area contributed by atoms with E-state index < -0.39 is 5.97 Å². The summed E-state index contributed by atoms with van der Waals surface area (Å²) in [5.41, 5.74) is 7.16. The molecule has 5 nitrogen and oxygen atoms in total. The van der Waals surface area contributed by atoms with E-state index in [4.69, 9.17) is 15.7 Å². The molecule has 19 heavy (non-hydrogen) atoms. The molecule has 5 heteroatoms. The lowest BCUT2D eigenvalue weighted by Crippen LogP contribution is -2.09. The molecule has 0 saturated heterocycles. The van der Waals surface area contributed by atoms with Gasteiger partial charge in [-0.3, -0.25) is 0 Å². The second-order valence-corrected chi connectivity index (χ2v) is 3.79. The molecule has 0 aliphatic heterocycles. The Morgan fingerprint density at radius 1 is 1.32 bits per heavy atom. The molecule has 1 aromatic carbocycles. The van der Waals surface area contributed by atoms with Crippen LogP contribution in [0.1, 0.15) is 21.6 Å². The van der Waals surface area contributed by atoms with E-state index in [1.165, 1.54) is 6.20 Å². The van der Waals surface area contributed by atoms with Gasteiger partial charge in [-0.25, -0.2) is 9.78 Å². The molecule has 0 bridgehead atoms. The number of anilines is 1. The number of hydrogen-bond acceptors (Lipinski definition) is 5. The topological polar surface area (TPSA) is 89.0 Å². The highest BCUT2D eigenvalue weighted by Crippen LogP contribution is 2.13. The standard InChI is InChI=1S/C14H11N3O2/c15-8-13-10(4-3-7-17-13)9-19-14(18)11-5-1-2-6-12(11)16/h1-7H,9,16H2. The van der Waals surface area contributed by atoms with Crippen LogP contribution in [0.3, 0.4) is 0 Å². The normalized spacial score (nSPS) is 9.63. The van der Waals surface area contributed by atoms with Crippen LogP contribution in [0.15, 0.2) is 42.6 Å². The summed E-state index contributed by atoms with van der Waals surface area (Å²) >= 11 is 0. The van der Waals surface area contributed by atoms with Crippen molar-refractivity contribution in [2.24, 2.45) is 0 Å². The van der Waals surface area contributed by atoms with Crippen LogP contribution in [0.25, 0.3) is 0 Å². The molecule has 0 unspecified atom stereocenters. The van der Waals surface area contributed by atoms with Gasteiger partial charge in [0.05, 0.1) is 5.56 Å². The van der Waals surface area contributed by atoms with E-state index in [1.54, 1.807) is 36.4 Å². The average molecular weight is 253 g/mol. The summed E-state index contributed by atoms with van der Waals surface area (Å²) in [5, 5.41) is 8.87. The Morgan fingerprint density at radius 3 is 2.84 bits per heavy atom.